The average Bonchev–Trinajstić information content (AvgIpc) is 2.51. The first-order valence-electron chi connectivity index (χ1n) is 8.68. The van der Waals surface area contributed by atoms with E-state index in [1.54, 1.807) is 19.1 Å². The number of aromatic hydroxyl groups is 1. The van der Waals surface area contributed by atoms with E-state index in [9.17, 15) is 14.7 Å². The van der Waals surface area contributed by atoms with Crippen molar-refractivity contribution in [2.75, 3.05) is 0 Å². The molecule has 0 fully saturated rings. The van der Waals surface area contributed by atoms with E-state index in [-0.39, 0.29) is 35.3 Å². The Balaban J connectivity index is 3.03. The van der Waals surface area contributed by atoms with E-state index < -0.39 is 5.41 Å². The van der Waals surface area contributed by atoms with Crippen LogP contribution < -0.4 is 5.32 Å². The summed E-state index contributed by atoms with van der Waals surface area (Å²) in [4.78, 5) is 24.7. The summed E-state index contributed by atoms with van der Waals surface area (Å²) in [6, 6.07) is 6.49. The topological polar surface area (TPSA) is 66.4 Å². The van der Waals surface area contributed by atoms with Gasteiger partial charge in [-0.1, -0.05) is 46.8 Å². The molecule has 4 nitrogen and oxygen atoms in total. The Morgan fingerprint density at radius 1 is 1.17 bits per heavy atom. The molecule has 0 radical (unpaired) electrons. The van der Waals surface area contributed by atoms with Crippen LogP contribution in [0.5, 0.6) is 5.75 Å². The second-order valence-electron chi connectivity index (χ2n) is 7.39. The molecule has 134 valence electrons. The molecule has 2 atom stereocenters. The molecule has 4 heteroatoms. The van der Waals surface area contributed by atoms with Gasteiger partial charge in [-0.3, -0.25) is 9.59 Å². The first-order chi connectivity index (χ1) is 11.1. The molecule has 2 N–H and O–H groups in total. The quantitative estimate of drug-likeness (QED) is 0.726. The number of rotatable bonds is 9. The van der Waals surface area contributed by atoms with Gasteiger partial charge in [-0.15, -0.1) is 0 Å². The zero-order valence-electron chi connectivity index (χ0n) is 15.7. The van der Waals surface area contributed by atoms with Gasteiger partial charge in [0.05, 0.1) is 6.04 Å². The largest absolute Gasteiger partial charge is 0.508 e. The fourth-order valence-corrected chi connectivity index (χ4v) is 2.84. The number of nitrogens with one attached hydrogen (secondary N) is 1. The van der Waals surface area contributed by atoms with Crippen LogP contribution in [0.25, 0.3) is 0 Å². The molecule has 1 aromatic carbocycles. The molecule has 0 saturated heterocycles. The fourth-order valence-electron chi connectivity index (χ4n) is 2.84. The predicted molar refractivity (Wildman–Crippen MR) is 97.1 cm³/mol. The summed E-state index contributed by atoms with van der Waals surface area (Å²) < 4.78 is 0. The Morgan fingerprint density at radius 2 is 1.71 bits per heavy atom. The van der Waals surface area contributed by atoms with Crippen LogP contribution in [0, 0.1) is 11.3 Å². The third kappa shape index (κ3) is 5.17. The summed E-state index contributed by atoms with van der Waals surface area (Å²) in [5, 5.41) is 12.9. The number of phenols is 1. The van der Waals surface area contributed by atoms with E-state index in [0.717, 1.165) is 12.0 Å². The number of carbonyl (C=O) groups excluding carboxylic acids is 2. The molecule has 0 aliphatic carbocycles. The highest BCUT2D eigenvalue weighted by molar-refractivity contribution is 5.86. The van der Waals surface area contributed by atoms with Gasteiger partial charge in [0, 0.05) is 17.4 Å². The smallest absolute Gasteiger partial charge is 0.152 e. The number of benzene rings is 1. The summed E-state index contributed by atoms with van der Waals surface area (Å²) in [6.45, 7) is 11.3. The molecule has 0 heterocycles. The number of phenolic OH excluding ortho intramolecular Hbond substituents is 1. The molecule has 0 aliphatic rings. The number of hydrogen-bond donors (Lipinski definition) is 2. The number of Topliss-reactive ketones (excluding diaryl/α,β-unsaturated/α-hetero) is 2. The molecule has 1 aromatic rings. The molecule has 0 amide bonds. The molecule has 0 aliphatic heterocycles. The lowest BCUT2D eigenvalue weighted by Crippen LogP contribution is -2.53. The van der Waals surface area contributed by atoms with Crippen LogP contribution in [-0.4, -0.2) is 28.8 Å². The summed E-state index contributed by atoms with van der Waals surface area (Å²) in [5.74, 6) is 0.378. The van der Waals surface area contributed by atoms with Crippen molar-refractivity contribution in [1.82, 2.24) is 5.32 Å². The second-order valence-corrected chi connectivity index (χ2v) is 7.39. The van der Waals surface area contributed by atoms with Gasteiger partial charge in [0.1, 0.15) is 11.5 Å². The van der Waals surface area contributed by atoms with Crippen LogP contribution in [0.4, 0.5) is 0 Å². The summed E-state index contributed by atoms with van der Waals surface area (Å²) >= 11 is 0. The third-order valence-corrected chi connectivity index (χ3v) is 4.88. The molecular weight excluding hydrogens is 302 g/mol. The van der Waals surface area contributed by atoms with Gasteiger partial charge in [0.25, 0.3) is 0 Å². The Labute approximate surface area is 145 Å². The van der Waals surface area contributed by atoms with Crippen molar-refractivity contribution < 1.29 is 14.7 Å². The maximum Gasteiger partial charge on any atom is 0.152 e. The SMILES string of the molecule is CCC(NC(Cc1ccc(O)cc1)C(=O)C(C)C)C(C)(C)C(C)=O. The van der Waals surface area contributed by atoms with Crippen molar-refractivity contribution in [3.63, 3.8) is 0 Å². The monoisotopic (exact) mass is 333 g/mol. The standard InChI is InChI=1S/C20H31NO3/c1-7-18(20(5,6)14(4)22)21-17(19(24)13(2)3)12-15-8-10-16(23)11-9-15/h8-11,13,17-18,21,23H,7,12H2,1-6H3. The molecule has 0 spiro atoms. The lowest BCUT2D eigenvalue weighted by atomic mass is 9.78. The van der Waals surface area contributed by atoms with E-state index in [0.29, 0.717) is 6.42 Å². The van der Waals surface area contributed by atoms with Gasteiger partial charge in [0.2, 0.25) is 0 Å². The van der Waals surface area contributed by atoms with Crippen LogP contribution in [-0.2, 0) is 16.0 Å². The lowest BCUT2D eigenvalue weighted by Gasteiger charge is -2.35. The van der Waals surface area contributed by atoms with Gasteiger partial charge in [-0.2, -0.15) is 0 Å². The van der Waals surface area contributed by atoms with Crippen LogP contribution in [0.15, 0.2) is 24.3 Å². The fraction of sp³-hybridized carbons (Fsp3) is 0.600. The van der Waals surface area contributed by atoms with Gasteiger partial charge in [-0.25, -0.2) is 0 Å². The van der Waals surface area contributed by atoms with E-state index in [1.165, 1.54) is 0 Å². The van der Waals surface area contributed by atoms with Gasteiger partial charge in [-0.05, 0) is 37.5 Å². The Bertz CT molecular complexity index is 561. The Kier molecular flexibility index (Phi) is 7.15. The molecule has 0 aromatic heterocycles. The molecule has 0 bridgehead atoms. The van der Waals surface area contributed by atoms with E-state index in [1.807, 2.05) is 46.8 Å². The van der Waals surface area contributed by atoms with Crippen molar-refractivity contribution in [2.24, 2.45) is 11.3 Å². The predicted octanol–water partition coefficient (Wildman–Crippen LogP) is 3.51. The highest BCUT2D eigenvalue weighted by Crippen LogP contribution is 2.25. The molecule has 24 heavy (non-hydrogen) atoms. The van der Waals surface area contributed by atoms with Gasteiger partial charge in [0.15, 0.2) is 5.78 Å². The minimum atomic E-state index is -0.529. The maximum absolute atomic E-state index is 12.7. The zero-order chi connectivity index (χ0) is 18.5. The van der Waals surface area contributed by atoms with Crippen LogP contribution in [0.1, 0.15) is 53.5 Å². The first-order valence-corrected chi connectivity index (χ1v) is 8.68. The zero-order valence-corrected chi connectivity index (χ0v) is 15.7. The van der Waals surface area contributed by atoms with E-state index in [2.05, 4.69) is 5.32 Å². The number of hydrogen-bond acceptors (Lipinski definition) is 4. The Morgan fingerprint density at radius 3 is 2.12 bits per heavy atom. The van der Waals surface area contributed by atoms with Gasteiger partial charge >= 0.3 is 0 Å². The lowest BCUT2D eigenvalue weighted by molar-refractivity contribution is -0.128. The van der Waals surface area contributed by atoms with Crippen molar-refractivity contribution in [3.05, 3.63) is 29.8 Å². The van der Waals surface area contributed by atoms with E-state index in [4.69, 9.17) is 0 Å². The van der Waals surface area contributed by atoms with Crippen LogP contribution >= 0.6 is 0 Å². The summed E-state index contributed by atoms with van der Waals surface area (Å²) in [6.07, 6.45) is 1.31. The number of carbonyl (C=O) groups is 2. The summed E-state index contributed by atoms with van der Waals surface area (Å²) in [7, 11) is 0. The molecule has 2 unspecified atom stereocenters. The van der Waals surface area contributed by atoms with Crippen molar-refractivity contribution in [2.45, 2.75) is 66.5 Å². The first kappa shape index (κ1) is 20.4. The number of ketones is 2. The Hall–Kier alpha value is -1.68. The summed E-state index contributed by atoms with van der Waals surface area (Å²) in [5.41, 5.74) is 0.453. The normalized spacial score (nSPS) is 14.5. The van der Waals surface area contributed by atoms with Crippen molar-refractivity contribution in [3.8, 4) is 5.75 Å². The molecule has 1 rings (SSSR count). The maximum atomic E-state index is 12.7. The van der Waals surface area contributed by atoms with Gasteiger partial charge < -0.3 is 10.4 Å². The van der Waals surface area contributed by atoms with Crippen molar-refractivity contribution in [1.29, 1.82) is 0 Å². The van der Waals surface area contributed by atoms with Crippen LogP contribution in [0.2, 0.25) is 0 Å². The highest BCUT2D eigenvalue weighted by atomic mass is 16.3. The minimum Gasteiger partial charge on any atom is -0.508 e. The second kappa shape index (κ2) is 8.43. The molecular formula is C20H31NO3. The third-order valence-electron chi connectivity index (χ3n) is 4.88. The average molecular weight is 333 g/mol. The van der Waals surface area contributed by atoms with Crippen molar-refractivity contribution >= 4 is 11.6 Å². The highest BCUT2D eigenvalue weighted by Gasteiger charge is 2.35. The van der Waals surface area contributed by atoms with Crippen LogP contribution in [0.3, 0.4) is 0 Å². The van der Waals surface area contributed by atoms with E-state index >= 15 is 0 Å². The minimum absolute atomic E-state index is 0.0696. The molecule has 0 saturated carbocycles.